The predicted octanol–water partition coefficient (Wildman–Crippen LogP) is -0.321. The Bertz CT molecular complexity index is 411. The number of hydrogen-bond acceptors (Lipinski definition) is 6. The molecule has 0 amide bonds. The summed E-state index contributed by atoms with van der Waals surface area (Å²) >= 11 is 0. The Morgan fingerprint density at radius 2 is 1.94 bits per heavy atom. The number of aliphatic carboxylic acids is 1. The van der Waals surface area contributed by atoms with Gasteiger partial charge in [0.1, 0.15) is 6.61 Å². The molecule has 0 aliphatic heterocycles. The van der Waals surface area contributed by atoms with Crippen LogP contribution in [0.4, 0.5) is 0 Å². The number of hydrogen-bond donors (Lipinski definition) is 1. The van der Waals surface area contributed by atoms with Crippen LogP contribution in [0.15, 0.2) is 0 Å². The van der Waals surface area contributed by atoms with E-state index in [1.54, 1.807) is 0 Å². The van der Waals surface area contributed by atoms with Crippen molar-refractivity contribution in [3.05, 3.63) is 0 Å². The first-order chi connectivity index (χ1) is 7.37. The molecule has 0 unspecified atom stereocenters. The van der Waals surface area contributed by atoms with Gasteiger partial charge in [-0.1, -0.05) is 5.92 Å². The molecular formula is C8H10O7S. The van der Waals surface area contributed by atoms with Crippen molar-refractivity contribution in [2.24, 2.45) is 0 Å². The molecule has 1 N–H and O–H groups in total. The number of rotatable bonds is 6. The molecule has 16 heavy (non-hydrogen) atoms. The molecule has 0 aromatic rings. The molecule has 8 heteroatoms. The van der Waals surface area contributed by atoms with Gasteiger partial charge in [-0.15, -0.1) is 5.92 Å². The Balaban J connectivity index is 4.09. The molecule has 0 saturated heterocycles. The van der Waals surface area contributed by atoms with E-state index < -0.39 is 41.8 Å². The second-order valence-corrected chi connectivity index (χ2v) is 3.67. The van der Waals surface area contributed by atoms with Gasteiger partial charge >= 0.3 is 22.3 Å². The number of carboxylic acid groups (broad SMARTS) is 1. The van der Waals surface area contributed by atoms with Crippen molar-refractivity contribution >= 4 is 22.3 Å². The van der Waals surface area contributed by atoms with E-state index in [1.807, 2.05) is 0 Å². The third-order valence-corrected chi connectivity index (χ3v) is 1.99. The molecule has 0 atom stereocenters. The van der Waals surface area contributed by atoms with E-state index in [2.05, 4.69) is 20.2 Å². The Morgan fingerprint density at radius 3 is 2.44 bits per heavy atom. The average Bonchev–Trinajstić information content (AvgIpc) is 2.14. The maximum absolute atomic E-state index is 10.9. The van der Waals surface area contributed by atoms with E-state index in [0.717, 1.165) is 0 Å². The highest BCUT2D eigenvalue weighted by Gasteiger charge is 2.18. The highest BCUT2D eigenvalue weighted by Crippen LogP contribution is 2.00. The lowest BCUT2D eigenvalue weighted by molar-refractivity contribution is -0.142. The molecule has 90 valence electrons. The van der Waals surface area contributed by atoms with Gasteiger partial charge in [0, 0.05) is 0 Å². The van der Waals surface area contributed by atoms with Gasteiger partial charge in [-0.2, -0.15) is 8.42 Å². The van der Waals surface area contributed by atoms with Crippen LogP contribution >= 0.6 is 0 Å². The number of carboxylic acids is 1. The standard InChI is InChI=1S/C8H10O7S/c1-2-3-6-14-16(12,13)15-8(11)5-4-7(9)10/h4-6H2,1H3,(H,9,10). The third-order valence-electron chi connectivity index (χ3n) is 1.19. The monoisotopic (exact) mass is 250 g/mol. The van der Waals surface area contributed by atoms with Gasteiger partial charge < -0.3 is 9.29 Å². The second-order valence-electron chi connectivity index (χ2n) is 2.45. The molecule has 0 aromatic heterocycles. The maximum Gasteiger partial charge on any atom is 0.452 e. The summed E-state index contributed by atoms with van der Waals surface area (Å²) in [6.07, 6.45) is -1.06. The largest absolute Gasteiger partial charge is 0.481 e. The summed E-state index contributed by atoms with van der Waals surface area (Å²) in [5.41, 5.74) is 0. The zero-order chi connectivity index (χ0) is 12.6. The van der Waals surface area contributed by atoms with E-state index in [-0.39, 0.29) is 0 Å². The van der Waals surface area contributed by atoms with Crippen LogP contribution in [0.25, 0.3) is 0 Å². The molecule has 0 aliphatic rings. The van der Waals surface area contributed by atoms with E-state index in [1.165, 1.54) is 6.92 Å². The van der Waals surface area contributed by atoms with Gasteiger partial charge in [0.2, 0.25) is 0 Å². The van der Waals surface area contributed by atoms with Crippen LogP contribution in [-0.2, 0) is 28.4 Å². The third kappa shape index (κ3) is 7.78. The Hall–Kier alpha value is -1.59. The van der Waals surface area contributed by atoms with Crippen LogP contribution in [0.1, 0.15) is 19.8 Å². The fourth-order valence-corrected chi connectivity index (χ4v) is 1.12. The zero-order valence-electron chi connectivity index (χ0n) is 8.43. The molecule has 0 spiro atoms. The Kier molecular flexibility index (Phi) is 6.14. The summed E-state index contributed by atoms with van der Waals surface area (Å²) in [4.78, 5) is 20.9. The lowest BCUT2D eigenvalue weighted by Gasteiger charge is -2.02. The summed E-state index contributed by atoms with van der Waals surface area (Å²) in [6.45, 7) is 1.06. The van der Waals surface area contributed by atoms with Crippen LogP contribution in [0.3, 0.4) is 0 Å². The normalized spacial score (nSPS) is 10.1. The lowest BCUT2D eigenvalue weighted by Crippen LogP contribution is -2.16. The van der Waals surface area contributed by atoms with Crippen molar-refractivity contribution in [3.63, 3.8) is 0 Å². The van der Waals surface area contributed by atoms with Gasteiger partial charge in [-0.25, -0.2) is 4.18 Å². The summed E-state index contributed by atoms with van der Waals surface area (Å²) in [7, 11) is -4.45. The first kappa shape index (κ1) is 14.4. The van der Waals surface area contributed by atoms with Crippen LogP contribution in [0.2, 0.25) is 0 Å². The SMILES string of the molecule is CC#CCOS(=O)(=O)OC(=O)CCC(=O)O. The van der Waals surface area contributed by atoms with Crippen molar-refractivity contribution in [1.29, 1.82) is 0 Å². The molecule has 0 radical (unpaired) electrons. The Morgan fingerprint density at radius 1 is 1.31 bits per heavy atom. The summed E-state index contributed by atoms with van der Waals surface area (Å²) in [5, 5.41) is 8.23. The van der Waals surface area contributed by atoms with Crippen LogP contribution < -0.4 is 0 Å². The van der Waals surface area contributed by atoms with Crippen molar-refractivity contribution in [2.75, 3.05) is 6.61 Å². The van der Waals surface area contributed by atoms with Gasteiger partial charge in [0.15, 0.2) is 0 Å². The topological polar surface area (TPSA) is 107 Å². The van der Waals surface area contributed by atoms with Gasteiger partial charge in [0.05, 0.1) is 12.8 Å². The number of carbonyl (C=O) groups is 2. The molecule has 0 saturated carbocycles. The average molecular weight is 250 g/mol. The van der Waals surface area contributed by atoms with E-state index in [9.17, 15) is 18.0 Å². The minimum absolute atomic E-state index is 0.426. The summed E-state index contributed by atoms with van der Waals surface area (Å²) in [5.74, 6) is 2.25. The summed E-state index contributed by atoms with van der Waals surface area (Å²) in [6, 6.07) is 0. The zero-order valence-corrected chi connectivity index (χ0v) is 9.24. The van der Waals surface area contributed by atoms with E-state index in [0.29, 0.717) is 0 Å². The quantitative estimate of drug-likeness (QED) is 0.643. The highest BCUT2D eigenvalue weighted by molar-refractivity contribution is 7.82. The molecule has 7 nitrogen and oxygen atoms in total. The Labute approximate surface area is 92.7 Å². The van der Waals surface area contributed by atoms with Crippen LogP contribution in [-0.4, -0.2) is 32.1 Å². The molecule has 0 aromatic carbocycles. The maximum atomic E-state index is 10.9. The van der Waals surface area contributed by atoms with E-state index >= 15 is 0 Å². The minimum Gasteiger partial charge on any atom is -0.481 e. The first-order valence-corrected chi connectivity index (χ1v) is 5.44. The molecule has 0 fully saturated rings. The second kappa shape index (κ2) is 6.81. The minimum atomic E-state index is -4.45. The van der Waals surface area contributed by atoms with Crippen molar-refractivity contribution in [3.8, 4) is 11.8 Å². The smallest absolute Gasteiger partial charge is 0.452 e. The van der Waals surface area contributed by atoms with Crippen LogP contribution in [0, 0.1) is 11.8 Å². The number of carbonyl (C=O) groups excluding carboxylic acids is 1. The molecule has 0 rings (SSSR count). The summed E-state index contributed by atoms with van der Waals surface area (Å²) < 4.78 is 29.8. The first-order valence-electron chi connectivity index (χ1n) is 4.10. The van der Waals surface area contributed by atoms with Gasteiger partial charge in [-0.3, -0.25) is 9.59 Å². The van der Waals surface area contributed by atoms with Gasteiger partial charge in [0.25, 0.3) is 0 Å². The van der Waals surface area contributed by atoms with Gasteiger partial charge in [-0.05, 0) is 6.92 Å². The molecule has 0 heterocycles. The highest BCUT2D eigenvalue weighted by atomic mass is 32.3. The van der Waals surface area contributed by atoms with E-state index in [4.69, 9.17) is 5.11 Å². The van der Waals surface area contributed by atoms with Crippen molar-refractivity contribution < 1.29 is 31.5 Å². The predicted molar refractivity (Wildman–Crippen MR) is 51.3 cm³/mol. The molecule has 0 aliphatic carbocycles. The fourth-order valence-electron chi connectivity index (χ4n) is 0.562. The lowest BCUT2D eigenvalue weighted by atomic mass is 10.3. The molecule has 0 bridgehead atoms. The molecular weight excluding hydrogens is 240 g/mol. The van der Waals surface area contributed by atoms with Crippen molar-refractivity contribution in [1.82, 2.24) is 0 Å². The van der Waals surface area contributed by atoms with Crippen molar-refractivity contribution in [2.45, 2.75) is 19.8 Å². The van der Waals surface area contributed by atoms with Crippen LogP contribution in [0.5, 0.6) is 0 Å². The fraction of sp³-hybridized carbons (Fsp3) is 0.500.